The average Bonchev–Trinajstić information content (AvgIpc) is 3.55. The summed E-state index contributed by atoms with van der Waals surface area (Å²) in [5.74, 6) is -0.814. The third-order valence-electron chi connectivity index (χ3n) is 5.41. The van der Waals surface area contributed by atoms with Gasteiger partial charge in [-0.2, -0.15) is 0 Å². The van der Waals surface area contributed by atoms with Crippen molar-refractivity contribution in [1.29, 1.82) is 0 Å². The Morgan fingerprint density at radius 3 is 2.23 bits per heavy atom. The Kier molecular flexibility index (Phi) is 5.91. The molecule has 0 bridgehead atoms. The molecule has 1 fully saturated rings. The van der Waals surface area contributed by atoms with Crippen LogP contribution in [0, 0.1) is 0 Å². The van der Waals surface area contributed by atoms with E-state index in [4.69, 9.17) is 0 Å². The number of anilines is 1. The van der Waals surface area contributed by atoms with Crippen molar-refractivity contribution >= 4 is 23.5 Å². The van der Waals surface area contributed by atoms with E-state index in [0.29, 0.717) is 24.6 Å². The van der Waals surface area contributed by atoms with Crippen molar-refractivity contribution in [3.63, 3.8) is 0 Å². The van der Waals surface area contributed by atoms with Crippen molar-refractivity contribution in [2.75, 3.05) is 18.0 Å². The summed E-state index contributed by atoms with van der Waals surface area (Å²) < 4.78 is 1.58. The molecule has 3 aromatic carbocycles. The Labute approximate surface area is 200 Å². The van der Waals surface area contributed by atoms with Crippen LogP contribution in [-0.2, 0) is 0 Å². The highest BCUT2D eigenvalue weighted by atomic mass is 16.2. The van der Waals surface area contributed by atoms with Gasteiger partial charge in [0, 0.05) is 29.9 Å². The molecule has 1 aliphatic heterocycles. The van der Waals surface area contributed by atoms with Crippen LogP contribution in [0.3, 0.4) is 0 Å². The number of carbonyl (C=O) groups is 3. The molecule has 10 heteroatoms. The highest BCUT2D eigenvalue weighted by Crippen LogP contribution is 2.21. The lowest BCUT2D eigenvalue weighted by atomic mass is 10.2. The monoisotopic (exact) mass is 467 g/mol. The molecule has 0 saturated carbocycles. The van der Waals surface area contributed by atoms with Gasteiger partial charge in [-0.25, -0.2) is 14.5 Å². The number of hydrazine groups is 1. The zero-order valence-electron chi connectivity index (χ0n) is 18.5. The molecule has 4 amide bonds. The van der Waals surface area contributed by atoms with E-state index in [1.807, 2.05) is 60.7 Å². The minimum Gasteiger partial charge on any atom is -0.336 e. The molecule has 1 aliphatic rings. The first-order chi connectivity index (χ1) is 17.1. The molecule has 0 spiro atoms. The molecule has 1 aromatic heterocycles. The van der Waals surface area contributed by atoms with Gasteiger partial charge in [-0.1, -0.05) is 54.6 Å². The Hall–Kier alpha value is -4.99. The van der Waals surface area contributed by atoms with Crippen LogP contribution < -0.4 is 21.1 Å². The van der Waals surface area contributed by atoms with Crippen molar-refractivity contribution in [2.24, 2.45) is 0 Å². The van der Waals surface area contributed by atoms with E-state index >= 15 is 0 Å². The normalized spacial score (nSPS) is 12.8. The van der Waals surface area contributed by atoms with Gasteiger partial charge in [0.15, 0.2) is 5.82 Å². The molecule has 0 atom stereocenters. The number of amides is 4. The third-order valence-corrected chi connectivity index (χ3v) is 5.41. The fraction of sp³-hybridized carbons (Fsp3) is 0.0800. The average molecular weight is 467 g/mol. The van der Waals surface area contributed by atoms with Crippen LogP contribution in [0.25, 0.3) is 17.1 Å². The first kappa shape index (κ1) is 21.8. The fourth-order valence-corrected chi connectivity index (χ4v) is 3.71. The number of nitrogens with zero attached hydrogens (tertiary/aromatic N) is 4. The SMILES string of the molecule is O=C(NNC(=O)c1nc(-c2ccccc2)n(-c2ccccc2)n1)c1cccc(N2CCNC2=O)c1. The van der Waals surface area contributed by atoms with Gasteiger partial charge in [-0.3, -0.25) is 25.3 Å². The van der Waals surface area contributed by atoms with Crippen LogP contribution in [0.4, 0.5) is 10.5 Å². The smallest absolute Gasteiger partial charge is 0.321 e. The van der Waals surface area contributed by atoms with E-state index in [9.17, 15) is 14.4 Å². The molecule has 2 heterocycles. The Bertz CT molecular complexity index is 1330. The van der Waals surface area contributed by atoms with Crippen LogP contribution >= 0.6 is 0 Å². The summed E-state index contributed by atoms with van der Waals surface area (Å²) >= 11 is 0. The maximum Gasteiger partial charge on any atom is 0.321 e. The summed E-state index contributed by atoms with van der Waals surface area (Å²) in [6.07, 6.45) is 0. The molecular weight excluding hydrogens is 446 g/mol. The predicted molar refractivity (Wildman–Crippen MR) is 129 cm³/mol. The maximum absolute atomic E-state index is 12.8. The van der Waals surface area contributed by atoms with Crippen LogP contribution in [0.5, 0.6) is 0 Å². The van der Waals surface area contributed by atoms with Crippen molar-refractivity contribution in [1.82, 2.24) is 30.9 Å². The second-order valence-electron chi connectivity index (χ2n) is 7.71. The van der Waals surface area contributed by atoms with Crippen molar-refractivity contribution in [3.8, 4) is 17.1 Å². The quantitative estimate of drug-likeness (QED) is 0.390. The second kappa shape index (κ2) is 9.48. The van der Waals surface area contributed by atoms with Gasteiger partial charge in [0.25, 0.3) is 5.91 Å². The zero-order valence-corrected chi connectivity index (χ0v) is 18.5. The number of benzene rings is 3. The van der Waals surface area contributed by atoms with Crippen LogP contribution in [0.2, 0.25) is 0 Å². The van der Waals surface area contributed by atoms with Crippen molar-refractivity contribution in [2.45, 2.75) is 0 Å². The first-order valence-electron chi connectivity index (χ1n) is 10.9. The van der Waals surface area contributed by atoms with Gasteiger partial charge >= 0.3 is 11.9 Å². The Morgan fingerprint density at radius 1 is 0.829 bits per heavy atom. The molecule has 0 aliphatic carbocycles. The predicted octanol–water partition coefficient (Wildman–Crippen LogP) is 2.54. The van der Waals surface area contributed by atoms with Gasteiger partial charge in [-0.15, -0.1) is 5.10 Å². The van der Waals surface area contributed by atoms with Crippen LogP contribution in [-0.4, -0.2) is 45.7 Å². The number of rotatable bonds is 5. The van der Waals surface area contributed by atoms with Gasteiger partial charge < -0.3 is 5.32 Å². The minimum absolute atomic E-state index is 0.101. The molecule has 35 heavy (non-hydrogen) atoms. The lowest BCUT2D eigenvalue weighted by Gasteiger charge is -2.15. The number of hydrogen-bond acceptors (Lipinski definition) is 5. The summed E-state index contributed by atoms with van der Waals surface area (Å²) in [6.45, 7) is 1.05. The lowest BCUT2D eigenvalue weighted by molar-refractivity contribution is 0.0841. The summed E-state index contributed by atoms with van der Waals surface area (Å²) in [7, 11) is 0. The van der Waals surface area contributed by atoms with Gasteiger partial charge in [0.1, 0.15) is 0 Å². The number of urea groups is 1. The molecule has 10 nitrogen and oxygen atoms in total. The number of hydrogen-bond donors (Lipinski definition) is 3. The van der Waals surface area contributed by atoms with Gasteiger partial charge in [0.05, 0.1) is 5.69 Å². The topological polar surface area (TPSA) is 121 Å². The summed E-state index contributed by atoms with van der Waals surface area (Å²) in [4.78, 5) is 43.3. The number of carbonyl (C=O) groups excluding carboxylic acids is 3. The molecule has 0 unspecified atom stereocenters. The zero-order chi connectivity index (χ0) is 24.2. The highest BCUT2D eigenvalue weighted by Gasteiger charge is 2.22. The summed E-state index contributed by atoms with van der Waals surface area (Å²) in [5.41, 5.74) is 7.16. The van der Waals surface area contributed by atoms with E-state index < -0.39 is 11.8 Å². The number of para-hydroxylation sites is 1. The molecule has 3 N–H and O–H groups in total. The molecule has 4 aromatic rings. The maximum atomic E-state index is 12.8. The van der Waals surface area contributed by atoms with Crippen LogP contribution in [0.15, 0.2) is 84.9 Å². The van der Waals surface area contributed by atoms with E-state index in [0.717, 1.165) is 11.3 Å². The van der Waals surface area contributed by atoms with Crippen LogP contribution in [0.1, 0.15) is 21.0 Å². The molecular formula is C25H21N7O3. The second-order valence-corrected chi connectivity index (χ2v) is 7.71. The third kappa shape index (κ3) is 4.58. The van der Waals surface area contributed by atoms with Crippen molar-refractivity contribution in [3.05, 3.63) is 96.3 Å². The van der Waals surface area contributed by atoms with E-state index in [-0.39, 0.29) is 17.4 Å². The number of aromatic nitrogens is 3. The van der Waals surface area contributed by atoms with Gasteiger partial charge in [-0.05, 0) is 30.3 Å². The molecule has 5 rings (SSSR count). The summed E-state index contributed by atoms with van der Waals surface area (Å²) in [5, 5.41) is 7.09. The minimum atomic E-state index is -0.666. The van der Waals surface area contributed by atoms with Crippen molar-refractivity contribution < 1.29 is 14.4 Å². The standard InChI is InChI=1S/C25H21N7O3/c33-23(18-10-7-13-20(16-18)31-15-14-26-25(31)35)28-29-24(34)21-27-22(17-8-3-1-4-9-17)32(30-21)19-11-5-2-6-12-19/h1-13,16H,14-15H2,(H,26,35)(H,28,33)(H,29,34). The van der Waals surface area contributed by atoms with E-state index in [1.165, 1.54) is 0 Å². The molecule has 174 valence electrons. The Morgan fingerprint density at radius 2 is 1.51 bits per heavy atom. The molecule has 1 saturated heterocycles. The largest absolute Gasteiger partial charge is 0.336 e. The molecule has 0 radical (unpaired) electrons. The summed E-state index contributed by atoms with van der Waals surface area (Å²) in [6, 6.07) is 25.1. The van der Waals surface area contributed by atoms with Gasteiger partial charge in [0.2, 0.25) is 5.82 Å². The lowest BCUT2D eigenvalue weighted by Crippen LogP contribution is -2.42. The first-order valence-corrected chi connectivity index (χ1v) is 10.9. The number of nitrogens with one attached hydrogen (secondary N) is 3. The fourth-order valence-electron chi connectivity index (χ4n) is 3.71. The highest BCUT2D eigenvalue weighted by molar-refractivity contribution is 6.00. The van der Waals surface area contributed by atoms with E-state index in [1.54, 1.807) is 33.8 Å². The Balaban J connectivity index is 1.34. The van der Waals surface area contributed by atoms with E-state index in [2.05, 4.69) is 26.3 Å².